The van der Waals surface area contributed by atoms with Crippen LogP contribution in [0.5, 0.6) is 0 Å². The Labute approximate surface area is 177 Å². The number of nitrogens with zero attached hydrogens (tertiary/aromatic N) is 2. The van der Waals surface area contributed by atoms with Crippen LogP contribution in [-0.2, 0) is 9.47 Å². The number of aliphatic hydroxyl groups is 1. The van der Waals surface area contributed by atoms with E-state index < -0.39 is 17.6 Å². The van der Waals surface area contributed by atoms with Crippen LogP contribution in [0.15, 0.2) is 0 Å². The van der Waals surface area contributed by atoms with Crippen molar-refractivity contribution < 1.29 is 19.4 Å². The van der Waals surface area contributed by atoms with E-state index in [9.17, 15) is 9.90 Å². The molecule has 6 nitrogen and oxygen atoms in total. The van der Waals surface area contributed by atoms with E-state index in [2.05, 4.69) is 31.4 Å². The summed E-state index contributed by atoms with van der Waals surface area (Å²) in [6.45, 7) is 16.2. The van der Waals surface area contributed by atoms with E-state index in [1.165, 1.54) is 0 Å². The molecule has 28 heavy (non-hydrogen) atoms. The third kappa shape index (κ3) is 7.39. The van der Waals surface area contributed by atoms with Gasteiger partial charge in [0, 0.05) is 18.6 Å². The van der Waals surface area contributed by atoms with Gasteiger partial charge in [-0.05, 0) is 66.6 Å². The van der Waals surface area contributed by atoms with Crippen LogP contribution in [0.1, 0.15) is 81.1 Å². The van der Waals surface area contributed by atoms with E-state index in [1.807, 2.05) is 46.4 Å². The number of thiol groups is 1. The van der Waals surface area contributed by atoms with Crippen LogP contribution in [0.25, 0.3) is 0 Å². The zero-order valence-electron chi connectivity index (χ0n) is 19.1. The first kappa shape index (κ1) is 25.5. The second-order valence-electron chi connectivity index (χ2n) is 9.63. The monoisotopic (exact) mass is 418 g/mol. The Kier molecular flexibility index (Phi) is 9.58. The molecule has 1 aliphatic heterocycles. The lowest BCUT2D eigenvalue weighted by atomic mass is 9.91. The van der Waals surface area contributed by atoms with Crippen LogP contribution in [0.3, 0.4) is 0 Å². The summed E-state index contributed by atoms with van der Waals surface area (Å²) >= 11 is 4.42. The first-order valence-corrected chi connectivity index (χ1v) is 11.2. The zero-order valence-corrected chi connectivity index (χ0v) is 20.0. The van der Waals surface area contributed by atoms with Crippen molar-refractivity contribution in [3.63, 3.8) is 0 Å². The molecule has 0 radical (unpaired) electrons. The molecule has 1 aliphatic rings. The Morgan fingerprint density at radius 2 is 1.71 bits per heavy atom. The van der Waals surface area contributed by atoms with Crippen molar-refractivity contribution in [2.45, 2.75) is 117 Å². The van der Waals surface area contributed by atoms with Gasteiger partial charge in [-0.25, -0.2) is 9.69 Å². The fourth-order valence-corrected chi connectivity index (χ4v) is 4.20. The summed E-state index contributed by atoms with van der Waals surface area (Å²) in [4.78, 5) is 16.9. The lowest BCUT2D eigenvalue weighted by Gasteiger charge is -2.53. The second-order valence-corrected chi connectivity index (χ2v) is 10.1. The number of hydrogen-bond donors (Lipinski definition) is 2. The molecule has 0 spiro atoms. The minimum absolute atomic E-state index is 0.00139. The van der Waals surface area contributed by atoms with Gasteiger partial charge in [0.1, 0.15) is 5.60 Å². The van der Waals surface area contributed by atoms with Gasteiger partial charge >= 0.3 is 6.09 Å². The summed E-state index contributed by atoms with van der Waals surface area (Å²) in [6.07, 6.45) is 2.06. The molecule has 0 aliphatic carbocycles. The van der Waals surface area contributed by atoms with Gasteiger partial charge in [-0.15, -0.1) is 0 Å². The normalized spacial score (nSPS) is 25.6. The van der Waals surface area contributed by atoms with Crippen molar-refractivity contribution >= 4 is 18.7 Å². The largest absolute Gasteiger partial charge is 0.444 e. The molecule has 1 saturated heterocycles. The summed E-state index contributed by atoms with van der Waals surface area (Å²) in [6, 6.07) is -0.0793. The zero-order chi connectivity index (χ0) is 21.7. The van der Waals surface area contributed by atoms with Crippen LogP contribution < -0.4 is 0 Å². The van der Waals surface area contributed by atoms with E-state index >= 15 is 0 Å². The molecule has 4 atom stereocenters. The Bertz CT molecular complexity index is 490. The number of carbonyl (C=O) groups excluding carboxylic acids is 1. The Morgan fingerprint density at radius 1 is 1.11 bits per heavy atom. The molecular formula is C21H42N2O4S. The third-order valence-corrected chi connectivity index (χ3v) is 5.12. The van der Waals surface area contributed by atoms with Crippen molar-refractivity contribution in [2.75, 3.05) is 12.3 Å². The molecule has 0 aromatic carbocycles. The van der Waals surface area contributed by atoms with Gasteiger partial charge in [-0.2, -0.15) is 12.6 Å². The topological polar surface area (TPSA) is 62.2 Å². The number of piperazine rings is 1. The van der Waals surface area contributed by atoms with Crippen LogP contribution in [-0.4, -0.2) is 69.0 Å². The smallest absolute Gasteiger partial charge is 0.410 e. The highest BCUT2D eigenvalue weighted by atomic mass is 32.1. The number of hydrogen-bond acceptors (Lipinski definition) is 6. The first-order chi connectivity index (χ1) is 12.8. The number of carbonyl (C=O) groups is 1. The summed E-state index contributed by atoms with van der Waals surface area (Å²) in [5, 5.41) is 11.0. The lowest BCUT2D eigenvalue weighted by Crippen LogP contribution is -2.68. The molecule has 0 aromatic rings. The van der Waals surface area contributed by atoms with E-state index in [0.29, 0.717) is 12.3 Å². The molecular weight excluding hydrogens is 376 g/mol. The van der Waals surface area contributed by atoms with Gasteiger partial charge in [-0.3, -0.25) is 0 Å². The van der Waals surface area contributed by atoms with Gasteiger partial charge in [0.15, 0.2) is 0 Å². The third-order valence-electron chi connectivity index (χ3n) is 4.86. The molecule has 1 N–H and O–H groups in total. The first-order valence-electron chi connectivity index (χ1n) is 10.6. The standard InChI is InChI=1S/C21H42N2O4S/c1-9-11-17-16(10-2)22(18(24)26-20(3,4)5)14-15(12-13-28)23(17)19(25)27-21(6,7)8/h15-17,19,25,28H,9-14H2,1-8H3/t15-,16+,17+,19?/m1/s1. The summed E-state index contributed by atoms with van der Waals surface area (Å²) in [5.41, 5.74) is -1.01. The Balaban J connectivity index is 3.24. The maximum absolute atomic E-state index is 13.0. The van der Waals surface area contributed by atoms with Crippen molar-refractivity contribution in [2.24, 2.45) is 0 Å². The maximum Gasteiger partial charge on any atom is 0.410 e. The van der Waals surface area contributed by atoms with Crippen LogP contribution in [0, 0.1) is 0 Å². The number of ether oxygens (including phenoxy) is 2. The van der Waals surface area contributed by atoms with E-state index in [-0.39, 0.29) is 24.2 Å². The van der Waals surface area contributed by atoms with Crippen LogP contribution in [0.2, 0.25) is 0 Å². The molecule has 1 amide bonds. The highest BCUT2D eigenvalue weighted by Crippen LogP contribution is 2.32. The molecule has 1 unspecified atom stereocenters. The molecule has 1 fully saturated rings. The van der Waals surface area contributed by atoms with Gasteiger partial charge in [-0.1, -0.05) is 20.3 Å². The van der Waals surface area contributed by atoms with E-state index in [4.69, 9.17) is 9.47 Å². The molecule has 0 bridgehead atoms. The SMILES string of the molecule is CCC[C@H]1[C@H](CC)N(C(=O)OC(C)(C)C)C[C@@H](CCS)N1C(O)OC(C)(C)C. The van der Waals surface area contributed by atoms with E-state index in [0.717, 1.165) is 25.7 Å². The number of amides is 1. The van der Waals surface area contributed by atoms with Gasteiger partial charge in [0.05, 0.1) is 11.6 Å². The highest BCUT2D eigenvalue weighted by molar-refractivity contribution is 7.80. The molecule has 166 valence electrons. The van der Waals surface area contributed by atoms with Crippen molar-refractivity contribution in [3.8, 4) is 0 Å². The summed E-state index contributed by atoms with van der Waals surface area (Å²) in [7, 11) is 0. The minimum Gasteiger partial charge on any atom is -0.444 e. The summed E-state index contributed by atoms with van der Waals surface area (Å²) in [5.74, 6) is 0.668. The van der Waals surface area contributed by atoms with Crippen molar-refractivity contribution in [1.82, 2.24) is 9.80 Å². The van der Waals surface area contributed by atoms with Gasteiger partial charge in [0.2, 0.25) is 6.41 Å². The van der Waals surface area contributed by atoms with Crippen molar-refractivity contribution in [3.05, 3.63) is 0 Å². The fourth-order valence-electron chi connectivity index (χ4n) is 3.90. The quantitative estimate of drug-likeness (QED) is 0.478. The summed E-state index contributed by atoms with van der Waals surface area (Å²) < 4.78 is 11.6. The van der Waals surface area contributed by atoms with Gasteiger partial charge in [0.25, 0.3) is 0 Å². The average molecular weight is 419 g/mol. The van der Waals surface area contributed by atoms with Crippen LogP contribution >= 0.6 is 12.6 Å². The van der Waals surface area contributed by atoms with Crippen LogP contribution in [0.4, 0.5) is 4.79 Å². The number of rotatable bonds is 7. The predicted octanol–water partition coefficient (Wildman–Crippen LogP) is 4.27. The molecule has 7 heteroatoms. The molecule has 0 aromatic heterocycles. The van der Waals surface area contributed by atoms with Gasteiger partial charge < -0.3 is 19.5 Å². The Hall–Kier alpha value is -0.500. The lowest BCUT2D eigenvalue weighted by molar-refractivity contribution is -0.272. The maximum atomic E-state index is 13.0. The average Bonchev–Trinajstić information content (AvgIpc) is 2.51. The molecule has 1 rings (SSSR count). The second kappa shape index (κ2) is 10.5. The van der Waals surface area contributed by atoms with E-state index in [1.54, 1.807) is 0 Å². The predicted molar refractivity (Wildman–Crippen MR) is 117 cm³/mol. The Morgan fingerprint density at radius 3 is 2.14 bits per heavy atom. The van der Waals surface area contributed by atoms with Crippen molar-refractivity contribution in [1.29, 1.82) is 0 Å². The minimum atomic E-state index is -1.02. The molecule has 0 saturated carbocycles. The molecule has 1 heterocycles. The number of aliphatic hydroxyl groups excluding tert-OH is 1. The highest BCUT2D eigenvalue weighted by Gasteiger charge is 2.46. The fraction of sp³-hybridized carbons (Fsp3) is 0.952.